The van der Waals surface area contributed by atoms with Crippen molar-refractivity contribution in [3.05, 3.63) is 46.7 Å². The lowest BCUT2D eigenvalue weighted by Gasteiger charge is -2.40. The summed E-state index contributed by atoms with van der Waals surface area (Å²) in [4.78, 5) is 44.6. The Morgan fingerprint density at radius 2 is 1.70 bits per heavy atom. The number of carbonyl (C=O) groups excluding carboxylic acids is 3. The van der Waals surface area contributed by atoms with Crippen molar-refractivity contribution in [1.29, 1.82) is 0 Å². The van der Waals surface area contributed by atoms with Crippen molar-refractivity contribution in [2.24, 2.45) is 0 Å². The summed E-state index contributed by atoms with van der Waals surface area (Å²) in [6.07, 6.45) is 0. The van der Waals surface area contributed by atoms with E-state index in [0.717, 1.165) is 5.56 Å². The molecule has 0 aliphatic carbocycles. The van der Waals surface area contributed by atoms with Gasteiger partial charge in [0.25, 0.3) is 0 Å². The molecule has 0 bridgehead atoms. The van der Waals surface area contributed by atoms with Gasteiger partial charge in [-0.3, -0.25) is 9.80 Å². The van der Waals surface area contributed by atoms with Crippen LogP contribution >= 0.6 is 0 Å². The van der Waals surface area contributed by atoms with Gasteiger partial charge in [-0.2, -0.15) is 0 Å². The number of nitrogens with one attached hydrogen (secondary N) is 2. The minimum Gasteiger partial charge on any atom is -0.463 e. The summed E-state index contributed by atoms with van der Waals surface area (Å²) in [6.45, 7) is 17.6. The highest BCUT2D eigenvalue weighted by Gasteiger charge is 2.38. The SMILES string of the molecule is CCOC(=O)C1=C(CN2CCN(C(=O)NC(C)C)CC2)N(CC)C(=O)NC1c1ccc(C(C)(C)C)cc1. The molecule has 1 unspecified atom stereocenters. The average Bonchev–Trinajstić information content (AvgIpc) is 2.83. The molecule has 204 valence electrons. The van der Waals surface area contributed by atoms with E-state index in [1.54, 1.807) is 11.8 Å². The fourth-order valence-corrected chi connectivity index (χ4v) is 4.74. The lowest BCUT2D eigenvalue weighted by Crippen LogP contribution is -2.55. The van der Waals surface area contributed by atoms with E-state index in [0.29, 0.717) is 50.5 Å². The molecule has 0 radical (unpaired) electrons. The summed E-state index contributed by atoms with van der Waals surface area (Å²) in [5.41, 5.74) is 3.14. The molecule has 0 aromatic heterocycles. The van der Waals surface area contributed by atoms with Crippen LogP contribution in [0.4, 0.5) is 9.59 Å². The molecule has 0 spiro atoms. The second-order valence-electron chi connectivity index (χ2n) is 10.9. The quantitative estimate of drug-likeness (QED) is 0.543. The third kappa shape index (κ3) is 6.83. The van der Waals surface area contributed by atoms with Crippen molar-refractivity contribution in [3.8, 4) is 0 Å². The Morgan fingerprint density at radius 1 is 1.08 bits per heavy atom. The van der Waals surface area contributed by atoms with Crippen molar-refractivity contribution in [3.63, 3.8) is 0 Å². The second-order valence-corrected chi connectivity index (χ2v) is 10.9. The monoisotopic (exact) mass is 513 g/mol. The van der Waals surface area contributed by atoms with E-state index in [1.165, 1.54) is 5.56 Å². The van der Waals surface area contributed by atoms with Gasteiger partial charge in [0.05, 0.1) is 18.2 Å². The first-order valence-electron chi connectivity index (χ1n) is 13.3. The Hall–Kier alpha value is -3.07. The van der Waals surface area contributed by atoms with Crippen LogP contribution in [0.2, 0.25) is 0 Å². The molecule has 1 saturated heterocycles. The third-order valence-corrected chi connectivity index (χ3v) is 6.81. The van der Waals surface area contributed by atoms with Crippen molar-refractivity contribution in [1.82, 2.24) is 25.3 Å². The summed E-state index contributed by atoms with van der Waals surface area (Å²) in [5.74, 6) is -0.421. The molecule has 37 heavy (non-hydrogen) atoms. The topological polar surface area (TPSA) is 94.2 Å². The molecule has 0 saturated carbocycles. The van der Waals surface area contributed by atoms with Crippen LogP contribution in [0.1, 0.15) is 65.6 Å². The van der Waals surface area contributed by atoms with E-state index in [4.69, 9.17) is 4.74 Å². The van der Waals surface area contributed by atoms with Crippen LogP contribution in [0, 0.1) is 0 Å². The van der Waals surface area contributed by atoms with Crippen LogP contribution in [0.25, 0.3) is 0 Å². The van der Waals surface area contributed by atoms with Gasteiger partial charge in [-0.05, 0) is 44.2 Å². The number of nitrogens with zero attached hydrogens (tertiary/aromatic N) is 3. The van der Waals surface area contributed by atoms with Gasteiger partial charge in [0.15, 0.2) is 0 Å². The van der Waals surface area contributed by atoms with E-state index < -0.39 is 12.0 Å². The van der Waals surface area contributed by atoms with Crippen molar-refractivity contribution in [2.45, 2.75) is 66.0 Å². The van der Waals surface area contributed by atoms with Gasteiger partial charge in [-0.1, -0.05) is 45.0 Å². The van der Waals surface area contributed by atoms with Gasteiger partial charge in [-0.15, -0.1) is 0 Å². The molecule has 2 aliphatic rings. The normalized spacial score (nSPS) is 19.2. The van der Waals surface area contributed by atoms with Gasteiger partial charge in [0.1, 0.15) is 0 Å². The van der Waals surface area contributed by atoms with Crippen molar-refractivity contribution >= 4 is 18.0 Å². The first-order valence-corrected chi connectivity index (χ1v) is 13.3. The van der Waals surface area contributed by atoms with Crippen LogP contribution in [0.15, 0.2) is 35.5 Å². The number of amides is 4. The minimum atomic E-state index is -0.600. The molecule has 2 aliphatic heterocycles. The van der Waals surface area contributed by atoms with E-state index in [2.05, 4.69) is 48.4 Å². The first-order chi connectivity index (χ1) is 17.5. The van der Waals surface area contributed by atoms with Crippen LogP contribution in [-0.4, -0.2) is 84.6 Å². The molecule has 2 heterocycles. The fourth-order valence-electron chi connectivity index (χ4n) is 4.74. The number of hydrogen-bond acceptors (Lipinski definition) is 5. The maximum absolute atomic E-state index is 13.3. The Bertz CT molecular complexity index is 1000. The number of ether oxygens (including phenoxy) is 1. The van der Waals surface area contributed by atoms with Gasteiger partial charge in [0.2, 0.25) is 0 Å². The largest absolute Gasteiger partial charge is 0.463 e. The van der Waals surface area contributed by atoms with Gasteiger partial charge in [-0.25, -0.2) is 14.4 Å². The van der Waals surface area contributed by atoms with Gasteiger partial charge < -0.3 is 20.3 Å². The van der Waals surface area contributed by atoms with E-state index >= 15 is 0 Å². The molecule has 9 nitrogen and oxygen atoms in total. The number of piperazine rings is 1. The summed E-state index contributed by atoms with van der Waals surface area (Å²) in [5, 5.41) is 5.98. The molecule has 9 heteroatoms. The number of hydrogen-bond donors (Lipinski definition) is 2. The smallest absolute Gasteiger partial charge is 0.338 e. The molecule has 1 atom stereocenters. The molecule has 1 aromatic carbocycles. The number of carbonyl (C=O) groups is 3. The summed E-state index contributed by atoms with van der Waals surface area (Å²) < 4.78 is 5.49. The maximum atomic E-state index is 13.3. The number of urea groups is 2. The highest BCUT2D eigenvalue weighted by Crippen LogP contribution is 2.33. The van der Waals surface area contributed by atoms with Crippen molar-refractivity contribution < 1.29 is 19.1 Å². The van der Waals surface area contributed by atoms with Gasteiger partial charge in [0, 0.05) is 51.0 Å². The van der Waals surface area contributed by atoms with Crippen LogP contribution in [0.3, 0.4) is 0 Å². The molecular weight excluding hydrogens is 470 g/mol. The maximum Gasteiger partial charge on any atom is 0.338 e. The van der Waals surface area contributed by atoms with Gasteiger partial charge >= 0.3 is 18.0 Å². The Labute approximate surface area is 221 Å². The summed E-state index contributed by atoms with van der Waals surface area (Å²) >= 11 is 0. The molecule has 1 aromatic rings. The lowest BCUT2D eigenvalue weighted by atomic mass is 9.85. The zero-order chi connectivity index (χ0) is 27.3. The van der Waals surface area contributed by atoms with Crippen molar-refractivity contribution in [2.75, 3.05) is 45.9 Å². The first kappa shape index (κ1) is 28.5. The van der Waals surface area contributed by atoms with E-state index in [1.807, 2.05) is 37.8 Å². The molecule has 4 amide bonds. The zero-order valence-corrected chi connectivity index (χ0v) is 23.4. The van der Waals surface area contributed by atoms with Crippen LogP contribution in [0.5, 0.6) is 0 Å². The third-order valence-electron chi connectivity index (χ3n) is 6.81. The highest BCUT2D eigenvalue weighted by atomic mass is 16.5. The summed E-state index contributed by atoms with van der Waals surface area (Å²) in [6, 6.07) is 7.26. The molecular formula is C28H43N5O4. The molecule has 1 fully saturated rings. The number of rotatable bonds is 7. The Morgan fingerprint density at radius 3 is 2.22 bits per heavy atom. The van der Waals surface area contributed by atoms with E-state index in [-0.39, 0.29) is 30.1 Å². The molecule has 2 N–H and O–H groups in total. The average molecular weight is 514 g/mol. The number of likely N-dealkylation sites (N-methyl/N-ethyl adjacent to an activating group) is 1. The fraction of sp³-hybridized carbons (Fsp3) is 0.607. The lowest BCUT2D eigenvalue weighted by molar-refractivity contribution is -0.139. The molecule has 3 rings (SSSR count). The van der Waals surface area contributed by atoms with Crippen LogP contribution in [-0.2, 0) is 14.9 Å². The summed E-state index contributed by atoms with van der Waals surface area (Å²) in [7, 11) is 0. The number of esters is 1. The number of benzene rings is 1. The predicted octanol–water partition coefficient (Wildman–Crippen LogP) is 3.62. The van der Waals surface area contributed by atoms with E-state index in [9.17, 15) is 14.4 Å². The van der Waals surface area contributed by atoms with Crippen LogP contribution < -0.4 is 10.6 Å². The zero-order valence-electron chi connectivity index (χ0n) is 23.4. The predicted molar refractivity (Wildman–Crippen MR) is 144 cm³/mol. The Kier molecular flexibility index (Phi) is 9.23. The standard InChI is InChI=1S/C28H43N5O4/c1-8-33-22(18-31-14-16-32(17-15-31)26(35)29-19(3)4)23(25(34)37-9-2)24(30-27(33)36)20-10-12-21(13-11-20)28(5,6)7/h10-13,19,24H,8-9,14-18H2,1-7H3,(H,29,35)(H,30,36). The minimum absolute atomic E-state index is 0.00740. The second kappa shape index (κ2) is 12.0. The Balaban J connectivity index is 1.93. The highest BCUT2D eigenvalue weighted by molar-refractivity contribution is 5.95.